The second-order valence-corrected chi connectivity index (χ2v) is 6.69. The summed E-state index contributed by atoms with van der Waals surface area (Å²) in [6, 6.07) is 7.54. The Hall–Kier alpha value is -2.14. The SMILES string of the molecule is O=C(N[C@H]1c2ccccc2C[C@@H]1O)c1n[nH]c2c1C1CC1C2. The van der Waals surface area contributed by atoms with Gasteiger partial charge in [0, 0.05) is 17.7 Å². The van der Waals surface area contributed by atoms with Crippen molar-refractivity contribution in [3.05, 3.63) is 52.3 Å². The monoisotopic (exact) mass is 295 g/mol. The molecular formula is C17H17N3O2. The van der Waals surface area contributed by atoms with Crippen LogP contribution in [0.1, 0.15) is 51.3 Å². The highest BCUT2D eigenvalue weighted by atomic mass is 16.3. The lowest BCUT2D eigenvalue weighted by molar-refractivity contribution is 0.0852. The molecule has 1 heterocycles. The number of H-pyrrole nitrogens is 1. The van der Waals surface area contributed by atoms with Crippen LogP contribution in [0.3, 0.4) is 0 Å². The maximum atomic E-state index is 12.6. The third-order valence-electron chi connectivity index (χ3n) is 5.35. The predicted octanol–water partition coefficient (Wildman–Crippen LogP) is 1.46. The number of aromatic nitrogens is 2. The van der Waals surface area contributed by atoms with E-state index in [-0.39, 0.29) is 11.9 Å². The first-order valence-corrected chi connectivity index (χ1v) is 7.86. The van der Waals surface area contributed by atoms with Crippen LogP contribution in [-0.2, 0) is 12.8 Å². The predicted molar refractivity (Wildman–Crippen MR) is 79.5 cm³/mol. The summed E-state index contributed by atoms with van der Waals surface area (Å²) in [6.45, 7) is 0. The summed E-state index contributed by atoms with van der Waals surface area (Å²) in [5, 5.41) is 20.5. The Bertz CT molecular complexity index is 782. The molecule has 5 heteroatoms. The summed E-state index contributed by atoms with van der Waals surface area (Å²) in [5.74, 6) is 1.06. The molecule has 0 spiro atoms. The van der Waals surface area contributed by atoms with E-state index in [1.54, 1.807) is 0 Å². The lowest BCUT2D eigenvalue weighted by Gasteiger charge is -2.17. The minimum atomic E-state index is -0.568. The third kappa shape index (κ3) is 1.63. The molecule has 112 valence electrons. The molecule has 3 N–H and O–H groups in total. The molecule has 1 saturated carbocycles. The number of amides is 1. The van der Waals surface area contributed by atoms with E-state index in [1.807, 2.05) is 24.3 Å². The molecule has 0 radical (unpaired) electrons. The summed E-state index contributed by atoms with van der Waals surface area (Å²) in [7, 11) is 0. The van der Waals surface area contributed by atoms with Gasteiger partial charge in [-0.15, -0.1) is 0 Å². The van der Waals surface area contributed by atoms with Gasteiger partial charge in [-0.3, -0.25) is 9.89 Å². The average Bonchev–Trinajstić information content (AvgIpc) is 2.87. The number of aromatic amines is 1. The Kier molecular flexibility index (Phi) is 2.37. The van der Waals surface area contributed by atoms with Crippen LogP contribution in [0.25, 0.3) is 0 Å². The maximum Gasteiger partial charge on any atom is 0.272 e. The van der Waals surface area contributed by atoms with Crippen LogP contribution in [0, 0.1) is 5.92 Å². The van der Waals surface area contributed by atoms with Gasteiger partial charge in [-0.1, -0.05) is 24.3 Å². The van der Waals surface area contributed by atoms with Crippen molar-refractivity contribution in [2.24, 2.45) is 5.92 Å². The van der Waals surface area contributed by atoms with E-state index in [1.165, 1.54) is 6.42 Å². The topological polar surface area (TPSA) is 78.0 Å². The molecule has 3 aliphatic rings. The van der Waals surface area contributed by atoms with Crippen LogP contribution in [0.5, 0.6) is 0 Å². The second kappa shape index (κ2) is 4.20. The molecule has 3 aliphatic carbocycles. The number of benzene rings is 1. The van der Waals surface area contributed by atoms with Crippen molar-refractivity contribution >= 4 is 5.91 Å². The molecule has 4 atom stereocenters. The minimum absolute atomic E-state index is 0.175. The minimum Gasteiger partial charge on any atom is -0.390 e. The Morgan fingerprint density at radius 1 is 1.32 bits per heavy atom. The normalized spacial score (nSPS) is 30.6. The summed E-state index contributed by atoms with van der Waals surface area (Å²) < 4.78 is 0. The van der Waals surface area contributed by atoms with Crippen molar-refractivity contribution in [2.75, 3.05) is 0 Å². The van der Waals surface area contributed by atoms with Crippen LogP contribution < -0.4 is 5.32 Å². The van der Waals surface area contributed by atoms with Crippen molar-refractivity contribution in [3.63, 3.8) is 0 Å². The van der Waals surface area contributed by atoms with E-state index in [0.29, 0.717) is 24.0 Å². The standard InChI is InChI=1S/C17H17N3O2/c21-13-7-8-3-1-2-4-10(8)15(13)18-17(22)16-14-11-5-9(11)6-12(14)19-20-16/h1-4,9,11,13,15,21H,5-7H2,(H,18,22)(H,19,20)/t9?,11?,13-,15-/m0/s1. The highest BCUT2D eigenvalue weighted by molar-refractivity contribution is 5.95. The zero-order valence-corrected chi connectivity index (χ0v) is 12.0. The zero-order chi connectivity index (χ0) is 14.8. The highest BCUT2D eigenvalue weighted by Crippen LogP contribution is 2.56. The zero-order valence-electron chi connectivity index (χ0n) is 12.0. The lowest BCUT2D eigenvalue weighted by Crippen LogP contribution is -2.34. The van der Waals surface area contributed by atoms with E-state index in [2.05, 4.69) is 15.5 Å². The summed E-state index contributed by atoms with van der Waals surface area (Å²) in [4.78, 5) is 12.6. The molecule has 1 aromatic carbocycles. The molecule has 5 nitrogen and oxygen atoms in total. The van der Waals surface area contributed by atoms with Gasteiger partial charge >= 0.3 is 0 Å². The molecule has 0 aliphatic heterocycles. The number of hydrogen-bond acceptors (Lipinski definition) is 3. The van der Waals surface area contributed by atoms with Crippen molar-refractivity contribution < 1.29 is 9.90 Å². The van der Waals surface area contributed by atoms with E-state index in [0.717, 1.165) is 28.8 Å². The molecule has 1 aromatic heterocycles. The lowest BCUT2D eigenvalue weighted by atomic mass is 10.1. The number of aliphatic hydroxyl groups excluding tert-OH is 1. The van der Waals surface area contributed by atoms with Gasteiger partial charge in [0.25, 0.3) is 5.91 Å². The summed E-state index contributed by atoms with van der Waals surface area (Å²) in [5.41, 5.74) is 4.88. The first-order chi connectivity index (χ1) is 10.7. The Balaban J connectivity index is 1.44. The van der Waals surface area contributed by atoms with Crippen molar-refractivity contribution in [1.29, 1.82) is 0 Å². The van der Waals surface area contributed by atoms with Gasteiger partial charge in [-0.2, -0.15) is 5.10 Å². The van der Waals surface area contributed by atoms with E-state index in [9.17, 15) is 9.90 Å². The first-order valence-electron chi connectivity index (χ1n) is 7.86. The fourth-order valence-electron chi connectivity index (χ4n) is 4.16. The fraction of sp³-hybridized carbons (Fsp3) is 0.412. The molecule has 5 rings (SSSR count). The molecule has 1 fully saturated rings. The third-order valence-corrected chi connectivity index (χ3v) is 5.35. The fourth-order valence-corrected chi connectivity index (χ4v) is 4.16. The molecule has 2 unspecified atom stereocenters. The molecule has 1 amide bonds. The first kappa shape index (κ1) is 12.4. The molecule has 22 heavy (non-hydrogen) atoms. The number of hydrogen-bond donors (Lipinski definition) is 3. The number of rotatable bonds is 2. The van der Waals surface area contributed by atoms with Crippen molar-refractivity contribution in [3.8, 4) is 0 Å². The van der Waals surface area contributed by atoms with Crippen LogP contribution in [0.15, 0.2) is 24.3 Å². The van der Waals surface area contributed by atoms with Crippen LogP contribution >= 0.6 is 0 Å². The van der Waals surface area contributed by atoms with Gasteiger partial charge in [0.15, 0.2) is 5.69 Å². The number of nitrogens with one attached hydrogen (secondary N) is 2. The number of nitrogens with zero attached hydrogens (tertiary/aromatic N) is 1. The average molecular weight is 295 g/mol. The number of fused-ring (bicyclic) bond motifs is 4. The van der Waals surface area contributed by atoms with Crippen LogP contribution in [-0.4, -0.2) is 27.3 Å². The molecule has 2 aromatic rings. The van der Waals surface area contributed by atoms with Gasteiger partial charge in [0.1, 0.15) is 0 Å². The number of carbonyl (C=O) groups is 1. The quantitative estimate of drug-likeness (QED) is 0.785. The van der Waals surface area contributed by atoms with E-state index in [4.69, 9.17) is 0 Å². The van der Waals surface area contributed by atoms with E-state index >= 15 is 0 Å². The summed E-state index contributed by atoms with van der Waals surface area (Å²) >= 11 is 0. The molecule has 0 saturated heterocycles. The van der Waals surface area contributed by atoms with Gasteiger partial charge in [-0.05, 0) is 35.8 Å². The number of aliphatic hydroxyl groups is 1. The second-order valence-electron chi connectivity index (χ2n) is 6.69. The van der Waals surface area contributed by atoms with Crippen molar-refractivity contribution in [2.45, 2.75) is 37.3 Å². The molecular weight excluding hydrogens is 278 g/mol. The van der Waals surface area contributed by atoms with Gasteiger partial charge in [-0.25, -0.2) is 0 Å². The summed E-state index contributed by atoms with van der Waals surface area (Å²) in [6.07, 6.45) is 2.23. The van der Waals surface area contributed by atoms with Crippen molar-refractivity contribution in [1.82, 2.24) is 15.5 Å². The van der Waals surface area contributed by atoms with Gasteiger partial charge in [0.2, 0.25) is 0 Å². The maximum absolute atomic E-state index is 12.6. The van der Waals surface area contributed by atoms with Crippen LogP contribution in [0.4, 0.5) is 0 Å². The van der Waals surface area contributed by atoms with Gasteiger partial charge < -0.3 is 10.4 Å². The van der Waals surface area contributed by atoms with E-state index < -0.39 is 6.10 Å². The Morgan fingerprint density at radius 2 is 2.18 bits per heavy atom. The Labute approximate surface area is 127 Å². The Morgan fingerprint density at radius 3 is 3.09 bits per heavy atom. The number of carbonyl (C=O) groups excluding carboxylic acids is 1. The molecule has 0 bridgehead atoms. The largest absolute Gasteiger partial charge is 0.390 e. The smallest absolute Gasteiger partial charge is 0.272 e. The van der Waals surface area contributed by atoms with Gasteiger partial charge in [0.05, 0.1) is 12.1 Å². The highest BCUT2D eigenvalue weighted by Gasteiger charge is 2.49. The van der Waals surface area contributed by atoms with Crippen LogP contribution in [0.2, 0.25) is 0 Å².